The molecule has 0 radical (unpaired) electrons. The Bertz CT molecular complexity index is 1330. The van der Waals surface area contributed by atoms with Gasteiger partial charge in [-0.2, -0.15) is 18.4 Å². The maximum absolute atomic E-state index is 13.9. The number of nitrogens with zero attached hydrogens (tertiary/aromatic N) is 4. The van der Waals surface area contributed by atoms with E-state index >= 15 is 0 Å². The number of anilines is 1. The highest BCUT2D eigenvalue weighted by Gasteiger charge is 2.70. The summed E-state index contributed by atoms with van der Waals surface area (Å²) in [7, 11) is 0. The lowest BCUT2D eigenvalue weighted by molar-refractivity contribution is -0.139. The van der Waals surface area contributed by atoms with Gasteiger partial charge in [0.25, 0.3) is 0 Å². The molecule has 1 saturated heterocycles. The lowest BCUT2D eigenvalue weighted by Crippen LogP contribution is -2.51. The third kappa shape index (κ3) is 6.00. The molecule has 226 valence electrons. The van der Waals surface area contributed by atoms with Gasteiger partial charge in [0.2, 0.25) is 0 Å². The fraction of sp³-hybridized carbons (Fsp3) is 0.562. The van der Waals surface area contributed by atoms with Crippen LogP contribution in [0.3, 0.4) is 0 Å². The van der Waals surface area contributed by atoms with E-state index in [1.54, 1.807) is 11.0 Å². The maximum atomic E-state index is 13.9. The van der Waals surface area contributed by atoms with Crippen LogP contribution in [-0.4, -0.2) is 72.6 Å². The fourth-order valence-corrected chi connectivity index (χ4v) is 7.53. The van der Waals surface area contributed by atoms with E-state index in [4.69, 9.17) is 0 Å². The van der Waals surface area contributed by atoms with E-state index in [1.807, 2.05) is 12.1 Å². The van der Waals surface area contributed by atoms with Gasteiger partial charge in [-0.25, -0.2) is 9.18 Å². The highest BCUT2D eigenvalue weighted by molar-refractivity contribution is 5.90. The largest absolute Gasteiger partial charge is 0.419 e. The van der Waals surface area contributed by atoms with Crippen molar-refractivity contribution in [1.29, 1.82) is 5.26 Å². The monoisotopic (exact) mass is 585 g/mol. The molecule has 1 heterocycles. The van der Waals surface area contributed by atoms with Crippen molar-refractivity contribution < 1.29 is 22.4 Å². The third-order valence-corrected chi connectivity index (χ3v) is 9.56. The Hall–Kier alpha value is -3.16. The van der Waals surface area contributed by atoms with Crippen LogP contribution in [0.25, 0.3) is 0 Å². The molecule has 6 nitrogen and oxygen atoms in total. The summed E-state index contributed by atoms with van der Waals surface area (Å²) in [6.07, 6.45) is -3.24. The third-order valence-electron chi connectivity index (χ3n) is 9.56. The van der Waals surface area contributed by atoms with Crippen LogP contribution in [0.1, 0.15) is 50.3 Å². The molecule has 2 saturated carbocycles. The summed E-state index contributed by atoms with van der Waals surface area (Å²) in [5, 5.41) is 12.1. The second-order valence-corrected chi connectivity index (χ2v) is 12.5. The highest BCUT2D eigenvalue weighted by Crippen LogP contribution is 2.69. The van der Waals surface area contributed by atoms with Crippen molar-refractivity contribution in [2.24, 2.45) is 17.8 Å². The molecule has 3 aliphatic rings. The summed E-state index contributed by atoms with van der Waals surface area (Å²) in [5.41, 5.74) is 0.0930. The average molecular weight is 586 g/mol. The summed E-state index contributed by atoms with van der Waals surface area (Å²) in [6, 6.07) is 11.9. The molecule has 10 heteroatoms. The molecule has 2 unspecified atom stereocenters. The molecule has 42 heavy (non-hydrogen) atoms. The molecular weight excluding hydrogens is 546 g/mol. The van der Waals surface area contributed by atoms with E-state index in [2.05, 4.69) is 48.0 Å². The van der Waals surface area contributed by atoms with E-state index in [0.29, 0.717) is 36.6 Å². The summed E-state index contributed by atoms with van der Waals surface area (Å²) in [6.45, 7) is 12.4. The smallest absolute Gasteiger partial charge is 0.320 e. The van der Waals surface area contributed by atoms with Gasteiger partial charge in [0, 0.05) is 63.0 Å². The minimum Gasteiger partial charge on any atom is -0.320 e. The molecule has 2 amide bonds. The number of nitriles is 1. The van der Waals surface area contributed by atoms with Crippen LogP contribution in [-0.2, 0) is 11.6 Å². The lowest BCUT2D eigenvalue weighted by atomic mass is 9.90. The number of urea groups is 1. The highest BCUT2D eigenvalue weighted by atomic mass is 19.4. The number of alkyl halides is 3. The quantitative estimate of drug-likeness (QED) is 0.376. The van der Waals surface area contributed by atoms with E-state index in [0.717, 1.165) is 57.2 Å². The van der Waals surface area contributed by atoms with Crippen molar-refractivity contribution in [1.82, 2.24) is 14.7 Å². The van der Waals surface area contributed by atoms with Crippen LogP contribution in [0, 0.1) is 34.9 Å². The summed E-state index contributed by atoms with van der Waals surface area (Å²) < 4.78 is 54.0. The standard InChI is InChI=1S/C32H39F4N5O/c1-21(2)20-40-13-11-39(12-14-40)15-16-41(30(42)38-25-7-8-27(33)26(18-25)32(34,35)36)28-9-10-31(22(3)29(28)31)24-6-4-5-23(17-24)19-37/h4-8,17-18,21-22,28-29H,9-16,20H2,1-3H3,(H,38,42)/t22-,28?,29?,31-/m1/s1. The Labute approximate surface area is 245 Å². The first-order valence-corrected chi connectivity index (χ1v) is 14.8. The molecule has 1 N–H and O–H groups in total. The van der Waals surface area contributed by atoms with Crippen LogP contribution >= 0.6 is 0 Å². The predicted molar refractivity (Wildman–Crippen MR) is 153 cm³/mol. The number of nitrogens with one attached hydrogen (secondary N) is 1. The van der Waals surface area contributed by atoms with Crippen LogP contribution in [0.4, 0.5) is 28.0 Å². The van der Waals surface area contributed by atoms with Crippen molar-refractivity contribution in [2.45, 2.75) is 51.2 Å². The zero-order valence-electron chi connectivity index (χ0n) is 24.4. The number of hydrogen-bond acceptors (Lipinski definition) is 4. The number of piperazine rings is 1. The molecule has 2 aromatic carbocycles. The Kier molecular flexibility index (Phi) is 8.55. The van der Waals surface area contributed by atoms with Crippen molar-refractivity contribution in [3.05, 3.63) is 65.0 Å². The van der Waals surface area contributed by atoms with Gasteiger partial charge in [0.05, 0.1) is 17.2 Å². The van der Waals surface area contributed by atoms with Crippen LogP contribution in [0.2, 0.25) is 0 Å². The Morgan fingerprint density at radius 2 is 1.86 bits per heavy atom. The predicted octanol–water partition coefficient (Wildman–Crippen LogP) is 6.19. The van der Waals surface area contributed by atoms with Gasteiger partial charge in [-0.1, -0.05) is 32.9 Å². The van der Waals surface area contributed by atoms with Gasteiger partial charge in [0.15, 0.2) is 0 Å². The lowest BCUT2D eigenvalue weighted by Gasteiger charge is -2.38. The average Bonchev–Trinajstić information content (AvgIpc) is 3.33. The number of halogens is 4. The molecule has 1 aliphatic heterocycles. The number of fused-ring (bicyclic) bond motifs is 1. The number of amides is 2. The van der Waals surface area contributed by atoms with E-state index in [1.165, 1.54) is 6.07 Å². The molecule has 0 bridgehead atoms. The van der Waals surface area contributed by atoms with Gasteiger partial charge in [-0.3, -0.25) is 4.90 Å². The number of hydrogen-bond donors (Lipinski definition) is 1. The second kappa shape index (κ2) is 11.8. The molecule has 0 aromatic heterocycles. The molecule has 2 aliphatic carbocycles. The minimum atomic E-state index is -4.87. The Morgan fingerprint density at radius 3 is 2.50 bits per heavy atom. The molecule has 5 rings (SSSR count). The van der Waals surface area contributed by atoms with Crippen LogP contribution in [0.15, 0.2) is 42.5 Å². The van der Waals surface area contributed by atoms with Crippen molar-refractivity contribution in [3.8, 4) is 6.07 Å². The van der Waals surface area contributed by atoms with Crippen molar-refractivity contribution >= 4 is 11.7 Å². The number of carbonyl (C=O) groups excluding carboxylic acids is 1. The van der Waals surface area contributed by atoms with Gasteiger partial charge < -0.3 is 15.1 Å². The fourth-order valence-electron chi connectivity index (χ4n) is 7.53. The number of carbonyl (C=O) groups is 1. The molecule has 3 fully saturated rings. The molecule has 2 aromatic rings. The maximum Gasteiger partial charge on any atom is 0.419 e. The van der Waals surface area contributed by atoms with Gasteiger partial charge >= 0.3 is 12.2 Å². The molecule has 4 atom stereocenters. The zero-order chi connectivity index (χ0) is 30.2. The second-order valence-electron chi connectivity index (χ2n) is 12.5. The Balaban J connectivity index is 1.35. The van der Waals surface area contributed by atoms with Crippen molar-refractivity contribution in [3.63, 3.8) is 0 Å². The van der Waals surface area contributed by atoms with E-state index < -0.39 is 23.6 Å². The first-order chi connectivity index (χ1) is 19.9. The Morgan fingerprint density at radius 1 is 1.14 bits per heavy atom. The SMILES string of the molecule is CC(C)CN1CCN(CCN(C(=O)Nc2ccc(F)c(C(F)(F)F)c2)C2CC[C@@]3(c4cccc(C#N)c4)C2[C@H]3C)CC1. The first-order valence-electron chi connectivity index (χ1n) is 14.8. The van der Waals surface area contributed by atoms with Crippen LogP contribution in [0.5, 0.6) is 0 Å². The molecular formula is C32H39F4N5O. The van der Waals surface area contributed by atoms with Gasteiger partial charge in [-0.05, 0) is 66.5 Å². The van der Waals surface area contributed by atoms with E-state index in [9.17, 15) is 27.6 Å². The topological polar surface area (TPSA) is 62.6 Å². The summed E-state index contributed by atoms with van der Waals surface area (Å²) in [4.78, 5) is 20.4. The number of rotatable bonds is 8. The minimum absolute atomic E-state index is 0.0872. The normalized spacial score (nSPS) is 26.1. The number of benzene rings is 2. The van der Waals surface area contributed by atoms with Gasteiger partial charge in [-0.15, -0.1) is 0 Å². The summed E-state index contributed by atoms with van der Waals surface area (Å²) in [5.74, 6) is -0.306. The zero-order valence-corrected chi connectivity index (χ0v) is 24.4. The van der Waals surface area contributed by atoms with Gasteiger partial charge in [0.1, 0.15) is 5.82 Å². The van der Waals surface area contributed by atoms with Crippen LogP contribution < -0.4 is 5.32 Å². The molecule has 0 spiro atoms. The van der Waals surface area contributed by atoms with Crippen molar-refractivity contribution in [2.75, 3.05) is 51.1 Å². The summed E-state index contributed by atoms with van der Waals surface area (Å²) >= 11 is 0. The first kappa shape index (κ1) is 30.3. The van der Waals surface area contributed by atoms with E-state index in [-0.39, 0.29) is 23.1 Å².